The molecule has 0 aromatic carbocycles. The van der Waals surface area contributed by atoms with E-state index < -0.39 is 0 Å². The molecular formula is C16H27N3. The molecule has 1 aliphatic heterocycles. The van der Waals surface area contributed by atoms with Crippen LogP contribution in [0.2, 0.25) is 0 Å². The number of nitrogens with one attached hydrogen (secondary N) is 1. The van der Waals surface area contributed by atoms with Crippen LogP contribution >= 0.6 is 0 Å². The summed E-state index contributed by atoms with van der Waals surface area (Å²) in [5.74, 6) is 0. The van der Waals surface area contributed by atoms with Crippen molar-refractivity contribution >= 4 is 0 Å². The van der Waals surface area contributed by atoms with E-state index in [2.05, 4.69) is 41.2 Å². The maximum Gasteiger partial charge on any atom is 0.0544 e. The standard InChI is InChI=1S/C16H27N3/c1-4-16(5-2)8-9-19(13-16)12-15-7-6-14(10-17-3)11-18-15/h6-7,11,17H,4-5,8-10,12-13H2,1-3H3. The Bertz CT molecular complexity index is 381. The highest BCUT2D eigenvalue weighted by atomic mass is 15.2. The number of rotatable bonds is 6. The van der Waals surface area contributed by atoms with Gasteiger partial charge in [-0.1, -0.05) is 19.9 Å². The first kappa shape index (κ1) is 14.5. The molecular weight excluding hydrogens is 234 g/mol. The quantitative estimate of drug-likeness (QED) is 0.853. The van der Waals surface area contributed by atoms with Gasteiger partial charge in [-0.05, 0) is 49.9 Å². The monoisotopic (exact) mass is 261 g/mol. The van der Waals surface area contributed by atoms with Crippen molar-refractivity contribution in [1.29, 1.82) is 0 Å². The summed E-state index contributed by atoms with van der Waals surface area (Å²) in [6.07, 6.45) is 5.94. The molecule has 1 fully saturated rings. The van der Waals surface area contributed by atoms with Crippen LogP contribution in [0, 0.1) is 5.41 Å². The van der Waals surface area contributed by atoms with Crippen LogP contribution in [0.25, 0.3) is 0 Å². The van der Waals surface area contributed by atoms with Crippen molar-refractivity contribution in [2.45, 2.75) is 46.2 Å². The van der Waals surface area contributed by atoms with Crippen LogP contribution in [0.1, 0.15) is 44.4 Å². The van der Waals surface area contributed by atoms with Gasteiger partial charge in [0, 0.05) is 25.8 Å². The maximum absolute atomic E-state index is 4.58. The SMILES string of the molecule is CCC1(CC)CCN(Cc2ccc(CNC)cn2)C1. The Morgan fingerprint density at radius 3 is 2.63 bits per heavy atom. The Hall–Kier alpha value is -0.930. The minimum absolute atomic E-state index is 0.562. The highest BCUT2D eigenvalue weighted by Crippen LogP contribution is 2.37. The number of nitrogens with zero attached hydrogens (tertiary/aromatic N) is 2. The average Bonchev–Trinajstić information content (AvgIpc) is 2.85. The van der Waals surface area contributed by atoms with Gasteiger partial charge in [-0.25, -0.2) is 0 Å². The molecule has 19 heavy (non-hydrogen) atoms. The number of likely N-dealkylation sites (tertiary alicyclic amines) is 1. The molecule has 1 N–H and O–H groups in total. The van der Waals surface area contributed by atoms with Crippen LogP contribution < -0.4 is 5.32 Å². The molecule has 0 aliphatic carbocycles. The van der Waals surface area contributed by atoms with Gasteiger partial charge in [0.2, 0.25) is 0 Å². The average molecular weight is 261 g/mol. The van der Waals surface area contributed by atoms with Crippen molar-refractivity contribution in [1.82, 2.24) is 15.2 Å². The molecule has 0 spiro atoms. The Labute approximate surface area is 117 Å². The van der Waals surface area contributed by atoms with Gasteiger partial charge < -0.3 is 5.32 Å². The van der Waals surface area contributed by atoms with Crippen LogP contribution in [0.15, 0.2) is 18.3 Å². The summed E-state index contributed by atoms with van der Waals surface area (Å²) in [6, 6.07) is 4.35. The van der Waals surface area contributed by atoms with Crippen molar-refractivity contribution in [2.75, 3.05) is 20.1 Å². The Kier molecular flexibility index (Phi) is 4.94. The summed E-state index contributed by atoms with van der Waals surface area (Å²) in [7, 11) is 1.97. The molecule has 1 aromatic heterocycles. The van der Waals surface area contributed by atoms with Gasteiger partial charge in [0.15, 0.2) is 0 Å². The molecule has 1 saturated heterocycles. The zero-order chi connectivity index (χ0) is 13.7. The number of hydrogen-bond acceptors (Lipinski definition) is 3. The van der Waals surface area contributed by atoms with Crippen molar-refractivity contribution in [2.24, 2.45) is 5.41 Å². The lowest BCUT2D eigenvalue weighted by Crippen LogP contribution is -2.26. The number of aromatic nitrogens is 1. The molecule has 2 rings (SSSR count). The van der Waals surface area contributed by atoms with Crippen LogP contribution in [-0.4, -0.2) is 30.0 Å². The summed E-state index contributed by atoms with van der Waals surface area (Å²) in [5, 5.41) is 3.15. The van der Waals surface area contributed by atoms with E-state index >= 15 is 0 Å². The van der Waals surface area contributed by atoms with Crippen LogP contribution in [0.3, 0.4) is 0 Å². The minimum Gasteiger partial charge on any atom is -0.316 e. The van der Waals surface area contributed by atoms with Gasteiger partial charge in [0.05, 0.1) is 5.69 Å². The lowest BCUT2D eigenvalue weighted by molar-refractivity contribution is 0.235. The summed E-state index contributed by atoms with van der Waals surface area (Å²) in [6.45, 7) is 9.02. The Morgan fingerprint density at radius 2 is 2.11 bits per heavy atom. The van der Waals surface area contributed by atoms with Gasteiger partial charge in [-0.2, -0.15) is 0 Å². The fourth-order valence-corrected chi connectivity index (χ4v) is 3.08. The van der Waals surface area contributed by atoms with Crippen LogP contribution in [-0.2, 0) is 13.1 Å². The summed E-state index contributed by atoms with van der Waals surface area (Å²) >= 11 is 0. The molecule has 3 heteroatoms. The first-order chi connectivity index (χ1) is 9.21. The first-order valence-corrected chi connectivity index (χ1v) is 7.52. The third-order valence-electron chi connectivity index (χ3n) is 4.67. The van der Waals surface area contributed by atoms with Crippen LogP contribution in [0.5, 0.6) is 0 Å². The molecule has 0 atom stereocenters. The van der Waals surface area contributed by atoms with E-state index in [1.165, 1.54) is 43.6 Å². The van der Waals surface area contributed by atoms with Gasteiger partial charge in [0.25, 0.3) is 0 Å². The van der Waals surface area contributed by atoms with E-state index in [4.69, 9.17) is 0 Å². The minimum atomic E-state index is 0.562. The van der Waals surface area contributed by atoms with E-state index in [0.717, 1.165) is 13.1 Å². The molecule has 1 aliphatic rings. The third kappa shape index (κ3) is 3.54. The molecule has 3 nitrogen and oxygen atoms in total. The Balaban J connectivity index is 1.91. The van der Waals surface area contributed by atoms with Gasteiger partial charge >= 0.3 is 0 Å². The normalized spacial score (nSPS) is 18.9. The van der Waals surface area contributed by atoms with Gasteiger partial charge in [-0.15, -0.1) is 0 Å². The zero-order valence-electron chi connectivity index (χ0n) is 12.6. The lowest BCUT2D eigenvalue weighted by atomic mass is 9.82. The van der Waals surface area contributed by atoms with E-state index in [9.17, 15) is 0 Å². The molecule has 0 amide bonds. The second kappa shape index (κ2) is 6.49. The topological polar surface area (TPSA) is 28.2 Å². The molecule has 106 valence electrons. The van der Waals surface area contributed by atoms with Crippen LogP contribution in [0.4, 0.5) is 0 Å². The predicted molar refractivity (Wildman–Crippen MR) is 79.9 cm³/mol. The third-order valence-corrected chi connectivity index (χ3v) is 4.67. The van der Waals surface area contributed by atoms with Gasteiger partial charge in [0.1, 0.15) is 0 Å². The number of hydrogen-bond donors (Lipinski definition) is 1. The largest absolute Gasteiger partial charge is 0.316 e. The van der Waals surface area contributed by atoms with Crippen molar-refractivity contribution in [3.8, 4) is 0 Å². The van der Waals surface area contributed by atoms with Crippen molar-refractivity contribution in [3.63, 3.8) is 0 Å². The highest BCUT2D eigenvalue weighted by molar-refractivity contribution is 5.14. The molecule has 2 heterocycles. The molecule has 0 unspecified atom stereocenters. The Morgan fingerprint density at radius 1 is 1.32 bits per heavy atom. The fraction of sp³-hybridized carbons (Fsp3) is 0.688. The highest BCUT2D eigenvalue weighted by Gasteiger charge is 2.34. The summed E-state index contributed by atoms with van der Waals surface area (Å²) in [4.78, 5) is 7.14. The van der Waals surface area contributed by atoms with E-state index in [1.807, 2.05) is 13.2 Å². The lowest BCUT2D eigenvalue weighted by Gasteiger charge is -2.26. The fourth-order valence-electron chi connectivity index (χ4n) is 3.08. The molecule has 0 radical (unpaired) electrons. The first-order valence-electron chi connectivity index (χ1n) is 7.52. The van der Waals surface area contributed by atoms with Crippen molar-refractivity contribution in [3.05, 3.63) is 29.6 Å². The smallest absolute Gasteiger partial charge is 0.0544 e. The molecule has 1 aromatic rings. The second-order valence-electron chi connectivity index (χ2n) is 5.86. The number of pyridine rings is 1. The van der Waals surface area contributed by atoms with E-state index in [1.54, 1.807) is 0 Å². The summed E-state index contributed by atoms with van der Waals surface area (Å²) in [5.41, 5.74) is 3.01. The zero-order valence-corrected chi connectivity index (χ0v) is 12.6. The van der Waals surface area contributed by atoms with Crippen molar-refractivity contribution < 1.29 is 0 Å². The van der Waals surface area contributed by atoms with Gasteiger partial charge in [-0.3, -0.25) is 9.88 Å². The summed E-state index contributed by atoms with van der Waals surface area (Å²) < 4.78 is 0. The maximum atomic E-state index is 4.58. The molecule has 0 saturated carbocycles. The predicted octanol–water partition coefficient (Wildman–Crippen LogP) is 2.81. The second-order valence-corrected chi connectivity index (χ2v) is 5.86. The van der Waals surface area contributed by atoms with E-state index in [-0.39, 0.29) is 0 Å². The molecule has 0 bridgehead atoms. The van der Waals surface area contributed by atoms with E-state index in [0.29, 0.717) is 5.41 Å².